The molecule has 0 bridgehead atoms. The minimum atomic E-state index is -3.25. The maximum atomic E-state index is 12.3. The third-order valence-electron chi connectivity index (χ3n) is 4.44. The number of rotatable bonds is 5. The number of benzene rings is 2. The minimum Gasteiger partial charge on any atom is -0.326 e. The van der Waals surface area contributed by atoms with Gasteiger partial charge in [-0.3, -0.25) is 9.10 Å². The maximum absolute atomic E-state index is 12.3. The number of carbonyl (C=O) groups excluding carboxylic acids is 1. The molecule has 138 valence electrons. The van der Waals surface area contributed by atoms with E-state index in [1.807, 2.05) is 31.2 Å². The molecule has 7 heteroatoms. The van der Waals surface area contributed by atoms with Crippen LogP contribution in [0.3, 0.4) is 0 Å². The van der Waals surface area contributed by atoms with E-state index in [2.05, 4.69) is 5.32 Å². The van der Waals surface area contributed by atoms with Gasteiger partial charge in [0.25, 0.3) is 0 Å². The highest BCUT2D eigenvalue weighted by Gasteiger charge is 2.29. The van der Waals surface area contributed by atoms with Crippen LogP contribution >= 0.6 is 11.6 Å². The van der Waals surface area contributed by atoms with Crippen LogP contribution in [0.2, 0.25) is 5.02 Å². The molecule has 2 aromatic carbocycles. The zero-order valence-corrected chi connectivity index (χ0v) is 16.1. The summed E-state index contributed by atoms with van der Waals surface area (Å²) in [6.07, 6.45) is 1.47. The average molecular weight is 393 g/mol. The fourth-order valence-corrected chi connectivity index (χ4v) is 4.89. The molecule has 2 aromatic rings. The van der Waals surface area contributed by atoms with Crippen molar-refractivity contribution < 1.29 is 13.2 Å². The van der Waals surface area contributed by atoms with Crippen molar-refractivity contribution in [2.45, 2.75) is 26.2 Å². The van der Waals surface area contributed by atoms with Gasteiger partial charge in [-0.25, -0.2) is 8.42 Å². The molecule has 3 rings (SSSR count). The zero-order valence-electron chi connectivity index (χ0n) is 14.5. The quantitative estimate of drug-likeness (QED) is 0.842. The van der Waals surface area contributed by atoms with Gasteiger partial charge in [-0.2, -0.15) is 0 Å². The van der Waals surface area contributed by atoms with Gasteiger partial charge in [0.1, 0.15) is 0 Å². The third-order valence-corrected chi connectivity index (χ3v) is 6.66. The number of hydrogen-bond donors (Lipinski definition) is 1. The molecule has 1 heterocycles. The highest BCUT2D eigenvalue weighted by Crippen LogP contribution is 2.30. The molecule has 1 N–H and O–H groups in total. The molecule has 1 saturated heterocycles. The van der Waals surface area contributed by atoms with E-state index in [1.54, 1.807) is 18.2 Å². The van der Waals surface area contributed by atoms with Gasteiger partial charge in [0.2, 0.25) is 15.9 Å². The van der Waals surface area contributed by atoms with Crippen LogP contribution in [0.25, 0.3) is 0 Å². The Balaban J connectivity index is 1.69. The number of carbonyl (C=O) groups is 1. The number of sulfonamides is 1. The van der Waals surface area contributed by atoms with E-state index in [-0.39, 0.29) is 11.7 Å². The van der Waals surface area contributed by atoms with Crippen LogP contribution < -0.4 is 9.62 Å². The molecule has 0 unspecified atom stereocenters. The number of hydrogen-bond acceptors (Lipinski definition) is 3. The van der Waals surface area contributed by atoms with Gasteiger partial charge in [-0.05, 0) is 49.1 Å². The number of nitrogens with zero attached hydrogens (tertiary/aromatic N) is 1. The lowest BCUT2D eigenvalue weighted by molar-refractivity contribution is -0.116. The Labute approximate surface area is 159 Å². The summed E-state index contributed by atoms with van der Waals surface area (Å²) < 4.78 is 25.8. The second kappa shape index (κ2) is 7.68. The van der Waals surface area contributed by atoms with Crippen molar-refractivity contribution in [2.24, 2.45) is 0 Å². The molecule has 1 fully saturated rings. The SMILES string of the molecule is Cc1ccc(NC(=O)CCc2ccccc2Cl)cc1N1CCCS1(=O)=O. The highest BCUT2D eigenvalue weighted by molar-refractivity contribution is 7.93. The molecule has 0 aliphatic carbocycles. The summed E-state index contributed by atoms with van der Waals surface area (Å²) >= 11 is 6.11. The van der Waals surface area contributed by atoms with E-state index in [0.29, 0.717) is 42.2 Å². The molecule has 0 atom stereocenters. The molecule has 1 aliphatic heterocycles. The predicted octanol–water partition coefficient (Wildman–Crippen LogP) is 3.76. The maximum Gasteiger partial charge on any atom is 0.235 e. The van der Waals surface area contributed by atoms with Gasteiger partial charge < -0.3 is 5.32 Å². The average Bonchev–Trinajstić information content (AvgIpc) is 2.95. The van der Waals surface area contributed by atoms with E-state index in [0.717, 1.165) is 11.1 Å². The Morgan fingerprint density at radius 2 is 2.00 bits per heavy atom. The van der Waals surface area contributed by atoms with Gasteiger partial charge in [-0.15, -0.1) is 0 Å². The van der Waals surface area contributed by atoms with Crippen LogP contribution in [0.5, 0.6) is 0 Å². The van der Waals surface area contributed by atoms with Crippen molar-refractivity contribution in [1.29, 1.82) is 0 Å². The molecule has 0 spiro atoms. The summed E-state index contributed by atoms with van der Waals surface area (Å²) in [4.78, 5) is 12.3. The van der Waals surface area contributed by atoms with Crippen molar-refractivity contribution in [3.05, 3.63) is 58.6 Å². The molecule has 26 heavy (non-hydrogen) atoms. The first-order chi connectivity index (χ1) is 12.4. The molecule has 0 radical (unpaired) electrons. The van der Waals surface area contributed by atoms with Crippen LogP contribution in [0.4, 0.5) is 11.4 Å². The van der Waals surface area contributed by atoms with Crippen LogP contribution in [0, 0.1) is 6.92 Å². The molecular formula is C19H21ClN2O3S. The Hall–Kier alpha value is -2.05. The van der Waals surface area contributed by atoms with Crippen LogP contribution in [0.15, 0.2) is 42.5 Å². The second-order valence-corrected chi connectivity index (χ2v) is 8.80. The van der Waals surface area contributed by atoms with Gasteiger partial charge in [0.15, 0.2) is 0 Å². The van der Waals surface area contributed by atoms with Gasteiger partial charge in [0, 0.05) is 23.7 Å². The number of nitrogens with one attached hydrogen (secondary N) is 1. The Kier molecular flexibility index (Phi) is 5.53. The van der Waals surface area contributed by atoms with Gasteiger partial charge in [-0.1, -0.05) is 35.9 Å². The predicted molar refractivity (Wildman–Crippen MR) is 105 cm³/mol. The summed E-state index contributed by atoms with van der Waals surface area (Å²) in [5.74, 6) is 0.0323. The van der Waals surface area contributed by atoms with Crippen LogP contribution in [-0.4, -0.2) is 26.6 Å². The standard InChI is InChI=1S/C19H21ClN2O3S/c1-14-7-9-16(13-18(14)22-11-4-12-26(22,24)25)21-19(23)10-8-15-5-2-3-6-17(15)20/h2-3,5-7,9,13H,4,8,10-12H2,1H3,(H,21,23). The lowest BCUT2D eigenvalue weighted by Crippen LogP contribution is -2.26. The van der Waals surface area contributed by atoms with E-state index in [1.165, 1.54) is 4.31 Å². The fraction of sp³-hybridized carbons (Fsp3) is 0.316. The molecule has 1 amide bonds. The Morgan fingerprint density at radius 3 is 2.69 bits per heavy atom. The summed E-state index contributed by atoms with van der Waals surface area (Å²) in [5.41, 5.74) is 3.02. The lowest BCUT2D eigenvalue weighted by atomic mass is 10.1. The monoisotopic (exact) mass is 392 g/mol. The van der Waals surface area contributed by atoms with E-state index >= 15 is 0 Å². The summed E-state index contributed by atoms with van der Waals surface area (Å²) in [7, 11) is -3.25. The smallest absolute Gasteiger partial charge is 0.235 e. The van der Waals surface area contributed by atoms with Crippen molar-refractivity contribution in [3.8, 4) is 0 Å². The van der Waals surface area contributed by atoms with E-state index in [9.17, 15) is 13.2 Å². The minimum absolute atomic E-state index is 0.135. The summed E-state index contributed by atoms with van der Waals surface area (Å²) in [6.45, 7) is 2.35. The third kappa shape index (κ3) is 4.19. The number of amides is 1. The van der Waals surface area contributed by atoms with Gasteiger partial charge in [0.05, 0.1) is 11.4 Å². The fourth-order valence-electron chi connectivity index (χ4n) is 3.04. The highest BCUT2D eigenvalue weighted by atomic mass is 35.5. The van der Waals surface area contributed by atoms with Gasteiger partial charge >= 0.3 is 0 Å². The van der Waals surface area contributed by atoms with Crippen molar-refractivity contribution >= 4 is 38.9 Å². The Bertz CT molecular complexity index is 928. The molecule has 5 nitrogen and oxygen atoms in total. The van der Waals surface area contributed by atoms with Crippen molar-refractivity contribution in [1.82, 2.24) is 0 Å². The van der Waals surface area contributed by atoms with E-state index in [4.69, 9.17) is 11.6 Å². The molecular weight excluding hydrogens is 372 g/mol. The molecule has 0 aromatic heterocycles. The number of halogens is 1. The first-order valence-electron chi connectivity index (χ1n) is 8.51. The second-order valence-electron chi connectivity index (χ2n) is 6.38. The Morgan fingerprint density at radius 1 is 1.23 bits per heavy atom. The van der Waals surface area contributed by atoms with Crippen LogP contribution in [0.1, 0.15) is 24.0 Å². The summed E-state index contributed by atoms with van der Waals surface area (Å²) in [5, 5.41) is 3.50. The molecule has 0 saturated carbocycles. The topological polar surface area (TPSA) is 66.5 Å². The largest absolute Gasteiger partial charge is 0.326 e. The number of anilines is 2. The normalized spacial score (nSPS) is 15.8. The first kappa shape index (κ1) is 18.7. The van der Waals surface area contributed by atoms with E-state index < -0.39 is 10.0 Å². The molecule has 1 aliphatic rings. The summed E-state index contributed by atoms with van der Waals surface area (Å²) in [6, 6.07) is 12.8. The lowest BCUT2D eigenvalue weighted by Gasteiger charge is -2.20. The zero-order chi connectivity index (χ0) is 18.7. The number of aryl methyl sites for hydroxylation is 2. The van der Waals surface area contributed by atoms with Crippen molar-refractivity contribution in [3.63, 3.8) is 0 Å². The van der Waals surface area contributed by atoms with Crippen LogP contribution in [-0.2, 0) is 21.2 Å². The van der Waals surface area contributed by atoms with Crippen molar-refractivity contribution in [2.75, 3.05) is 21.9 Å². The first-order valence-corrected chi connectivity index (χ1v) is 10.5.